The van der Waals surface area contributed by atoms with Crippen molar-refractivity contribution < 1.29 is 15.0 Å². The van der Waals surface area contributed by atoms with E-state index in [0.29, 0.717) is 6.54 Å². The van der Waals surface area contributed by atoms with Crippen molar-refractivity contribution in [2.24, 2.45) is 0 Å². The van der Waals surface area contributed by atoms with Gasteiger partial charge in [0.1, 0.15) is 6.04 Å². The van der Waals surface area contributed by atoms with Crippen molar-refractivity contribution >= 4 is 5.97 Å². The number of aliphatic hydroxyl groups excluding tert-OH is 1. The molecule has 1 fully saturated rings. The lowest BCUT2D eigenvalue weighted by molar-refractivity contribution is -0.142. The van der Waals surface area contributed by atoms with Crippen LogP contribution in [0, 0.1) is 0 Å². The summed E-state index contributed by atoms with van der Waals surface area (Å²) in [6, 6.07) is -0.377. The van der Waals surface area contributed by atoms with E-state index in [1.54, 1.807) is 0 Å². The number of likely N-dealkylation sites (tertiary alicyclic amines) is 1. The molecule has 4 nitrogen and oxygen atoms in total. The average Bonchev–Trinajstić information content (AvgIpc) is 2.90. The first kappa shape index (κ1) is 18.4. The highest BCUT2D eigenvalue weighted by Gasteiger charge is 2.31. The second-order valence-corrected chi connectivity index (χ2v) is 6.41. The molecule has 2 N–H and O–H groups in total. The maximum Gasteiger partial charge on any atom is 0.320 e. The zero-order valence-corrected chi connectivity index (χ0v) is 13.6. The van der Waals surface area contributed by atoms with Crippen molar-refractivity contribution in [2.45, 2.75) is 89.7 Å². The number of β-amino-alcohol motifs (C(OH)–C–C–N with tert-alkyl or cyclic N) is 1. The van der Waals surface area contributed by atoms with E-state index in [-0.39, 0.29) is 12.1 Å². The minimum absolute atomic E-state index is 0.370. The number of carbonyl (C=O) groups is 1. The van der Waals surface area contributed by atoms with Crippen molar-refractivity contribution in [1.29, 1.82) is 0 Å². The van der Waals surface area contributed by atoms with Crippen LogP contribution >= 0.6 is 0 Å². The van der Waals surface area contributed by atoms with Crippen LogP contribution in [0.4, 0.5) is 0 Å². The molecule has 21 heavy (non-hydrogen) atoms. The highest BCUT2D eigenvalue weighted by molar-refractivity contribution is 5.73. The van der Waals surface area contributed by atoms with Crippen LogP contribution in [-0.4, -0.2) is 46.3 Å². The Morgan fingerprint density at radius 1 is 1.14 bits per heavy atom. The van der Waals surface area contributed by atoms with Crippen LogP contribution in [0.15, 0.2) is 0 Å². The first-order valence-electron chi connectivity index (χ1n) is 8.80. The molecule has 0 amide bonds. The maximum absolute atomic E-state index is 11.1. The lowest BCUT2D eigenvalue weighted by Crippen LogP contribution is -2.40. The van der Waals surface area contributed by atoms with E-state index in [1.165, 1.54) is 44.9 Å². The summed E-state index contributed by atoms with van der Waals surface area (Å²) in [6.45, 7) is 3.57. The van der Waals surface area contributed by atoms with E-state index < -0.39 is 5.97 Å². The highest BCUT2D eigenvalue weighted by atomic mass is 16.4. The predicted molar refractivity (Wildman–Crippen MR) is 85.5 cm³/mol. The lowest BCUT2D eigenvalue weighted by Gasteiger charge is -2.23. The molecule has 0 saturated carbocycles. The predicted octanol–water partition coefficient (Wildman–Crippen LogP) is 3.43. The summed E-state index contributed by atoms with van der Waals surface area (Å²) in [7, 11) is 0. The van der Waals surface area contributed by atoms with Gasteiger partial charge in [-0.25, -0.2) is 0 Å². The number of rotatable bonds is 12. The number of unbranched alkanes of at least 4 members (excludes halogenated alkanes) is 7. The summed E-state index contributed by atoms with van der Waals surface area (Å²) in [5, 5.41) is 19.2. The standard InChI is InChI=1S/C17H33NO3/c1-2-3-4-5-6-7-8-9-11-15(19)14-18-13-10-12-16(18)17(20)21/h15-16,19H,2-14H2,1H3,(H,20,21). The number of carboxylic acid groups (broad SMARTS) is 1. The van der Waals surface area contributed by atoms with Crippen molar-refractivity contribution in [3.8, 4) is 0 Å². The first-order valence-corrected chi connectivity index (χ1v) is 8.80. The molecule has 0 aromatic heterocycles. The van der Waals surface area contributed by atoms with Gasteiger partial charge in [-0.1, -0.05) is 58.3 Å². The zero-order valence-electron chi connectivity index (χ0n) is 13.6. The second-order valence-electron chi connectivity index (χ2n) is 6.41. The molecule has 2 unspecified atom stereocenters. The van der Waals surface area contributed by atoms with Crippen LogP contribution in [0.3, 0.4) is 0 Å². The van der Waals surface area contributed by atoms with Crippen LogP contribution in [0.1, 0.15) is 77.6 Å². The summed E-state index contributed by atoms with van der Waals surface area (Å²) in [5.74, 6) is -0.744. The Kier molecular flexibility index (Phi) is 9.68. The zero-order chi connectivity index (χ0) is 15.5. The summed E-state index contributed by atoms with van der Waals surface area (Å²) in [4.78, 5) is 13.0. The Morgan fingerprint density at radius 2 is 1.76 bits per heavy atom. The third-order valence-electron chi connectivity index (χ3n) is 4.48. The van der Waals surface area contributed by atoms with Crippen molar-refractivity contribution in [2.75, 3.05) is 13.1 Å². The van der Waals surface area contributed by atoms with E-state index >= 15 is 0 Å². The Labute approximate surface area is 129 Å². The topological polar surface area (TPSA) is 60.8 Å². The van der Waals surface area contributed by atoms with Gasteiger partial charge in [-0.3, -0.25) is 9.69 Å². The minimum atomic E-state index is -0.744. The van der Waals surface area contributed by atoms with Crippen LogP contribution in [0.2, 0.25) is 0 Å². The molecular weight excluding hydrogens is 266 g/mol. The van der Waals surface area contributed by atoms with Gasteiger partial charge in [0.25, 0.3) is 0 Å². The minimum Gasteiger partial charge on any atom is -0.480 e. The molecule has 1 rings (SSSR count). The number of carboxylic acids is 1. The molecule has 0 aromatic carbocycles. The number of nitrogens with zero attached hydrogens (tertiary/aromatic N) is 1. The summed E-state index contributed by atoms with van der Waals surface area (Å²) < 4.78 is 0. The molecular formula is C17H33NO3. The van der Waals surface area contributed by atoms with Crippen LogP contribution in [0.25, 0.3) is 0 Å². The molecule has 2 atom stereocenters. The van der Waals surface area contributed by atoms with E-state index in [4.69, 9.17) is 5.11 Å². The fourth-order valence-corrected chi connectivity index (χ4v) is 3.20. The van der Waals surface area contributed by atoms with E-state index in [1.807, 2.05) is 4.90 Å². The van der Waals surface area contributed by atoms with E-state index in [9.17, 15) is 9.90 Å². The molecule has 0 radical (unpaired) electrons. The summed E-state index contributed by atoms with van der Waals surface area (Å²) >= 11 is 0. The smallest absolute Gasteiger partial charge is 0.320 e. The molecule has 0 aromatic rings. The molecule has 1 aliphatic rings. The quantitative estimate of drug-likeness (QED) is 0.542. The van der Waals surface area contributed by atoms with Crippen LogP contribution in [0.5, 0.6) is 0 Å². The molecule has 1 aliphatic heterocycles. The van der Waals surface area contributed by atoms with E-state index in [0.717, 1.165) is 32.2 Å². The van der Waals surface area contributed by atoms with Crippen molar-refractivity contribution in [3.63, 3.8) is 0 Å². The lowest BCUT2D eigenvalue weighted by atomic mass is 10.1. The maximum atomic E-state index is 11.1. The average molecular weight is 299 g/mol. The largest absolute Gasteiger partial charge is 0.480 e. The Bertz CT molecular complexity index is 283. The van der Waals surface area contributed by atoms with Gasteiger partial charge < -0.3 is 10.2 Å². The third kappa shape index (κ3) is 7.82. The van der Waals surface area contributed by atoms with Gasteiger partial charge in [-0.05, 0) is 25.8 Å². The Hall–Kier alpha value is -0.610. The van der Waals surface area contributed by atoms with Gasteiger partial charge in [0.05, 0.1) is 6.10 Å². The van der Waals surface area contributed by atoms with Gasteiger partial charge in [0.15, 0.2) is 0 Å². The Morgan fingerprint density at radius 3 is 2.38 bits per heavy atom. The van der Waals surface area contributed by atoms with Gasteiger partial charge in [0.2, 0.25) is 0 Å². The number of hydrogen-bond donors (Lipinski definition) is 2. The van der Waals surface area contributed by atoms with Gasteiger partial charge in [0, 0.05) is 6.54 Å². The molecule has 0 spiro atoms. The summed E-state index contributed by atoms with van der Waals surface area (Å²) in [5.41, 5.74) is 0. The van der Waals surface area contributed by atoms with E-state index in [2.05, 4.69) is 6.92 Å². The Balaban J connectivity index is 2.01. The van der Waals surface area contributed by atoms with Gasteiger partial charge >= 0.3 is 5.97 Å². The van der Waals surface area contributed by atoms with Crippen molar-refractivity contribution in [1.82, 2.24) is 4.90 Å². The molecule has 124 valence electrons. The van der Waals surface area contributed by atoms with Gasteiger partial charge in [-0.15, -0.1) is 0 Å². The molecule has 0 aliphatic carbocycles. The fourth-order valence-electron chi connectivity index (χ4n) is 3.20. The number of aliphatic carboxylic acids is 1. The number of hydrogen-bond acceptors (Lipinski definition) is 3. The monoisotopic (exact) mass is 299 g/mol. The van der Waals surface area contributed by atoms with Gasteiger partial charge in [-0.2, -0.15) is 0 Å². The normalized spacial score (nSPS) is 20.8. The second kappa shape index (κ2) is 11.0. The molecule has 0 bridgehead atoms. The fraction of sp³-hybridized carbons (Fsp3) is 0.941. The SMILES string of the molecule is CCCCCCCCCCC(O)CN1CCCC1C(=O)O. The molecule has 1 saturated heterocycles. The highest BCUT2D eigenvalue weighted by Crippen LogP contribution is 2.19. The van der Waals surface area contributed by atoms with Crippen molar-refractivity contribution in [3.05, 3.63) is 0 Å². The molecule has 1 heterocycles. The molecule has 4 heteroatoms. The first-order chi connectivity index (χ1) is 10.1. The number of aliphatic hydroxyl groups is 1. The summed E-state index contributed by atoms with van der Waals surface area (Å²) in [6.07, 6.45) is 12.2. The van der Waals surface area contributed by atoms with Crippen LogP contribution < -0.4 is 0 Å². The third-order valence-corrected chi connectivity index (χ3v) is 4.48. The van der Waals surface area contributed by atoms with Crippen LogP contribution in [-0.2, 0) is 4.79 Å².